The van der Waals surface area contributed by atoms with Crippen LogP contribution in [0.25, 0.3) is 0 Å². The molecule has 1 fully saturated rings. The van der Waals surface area contributed by atoms with E-state index in [1.165, 1.54) is 0 Å². The Morgan fingerprint density at radius 1 is 1.69 bits per heavy atom. The molecule has 1 amide bonds. The van der Waals surface area contributed by atoms with E-state index in [0.717, 1.165) is 4.90 Å². The smallest absolute Gasteiger partial charge is 0.407 e. The Bertz CT molecular complexity index is 317. The van der Waals surface area contributed by atoms with E-state index >= 15 is 0 Å². The topological polar surface area (TPSA) is 90.9 Å². The number of carbonyl (C=O) groups is 1. The van der Waals surface area contributed by atoms with Crippen LogP contribution in [0.5, 0.6) is 0 Å². The van der Waals surface area contributed by atoms with Crippen LogP contribution in [0.1, 0.15) is 12.8 Å². The average molecular weight is 235 g/mol. The summed E-state index contributed by atoms with van der Waals surface area (Å²) in [5.74, 6) is -3.90. The Morgan fingerprint density at radius 3 is 2.88 bits per heavy atom. The normalized spacial score (nSPS) is 23.6. The molecular formula is C8H13F2N4O2+. The molecule has 90 valence electrons. The zero-order chi connectivity index (χ0) is 12.2. The van der Waals surface area contributed by atoms with Gasteiger partial charge in [0.25, 0.3) is 5.92 Å². The number of rotatable bonds is 3. The standard InChI is InChI=1S/C8H12F2N4O2/c9-8(10)5-14(7(15)16)4-2-6(8)1-3-12-13-11/h6,11H,1-5H2/p+1. The Kier molecular flexibility index (Phi) is 3.89. The Morgan fingerprint density at radius 2 is 2.38 bits per heavy atom. The lowest BCUT2D eigenvalue weighted by molar-refractivity contribution is -0.105. The number of amides is 1. The first-order valence-electron chi connectivity index (χ1n) is 4.86. The summed E-state index contributed by atoms with van der Waals surface area (Å²) < 4.78 is 27.0. The van der Waals surface area contributed by atoms with Gasteiger partial charge in [0.15, 0.2) is 0 Å². The minimum absolute atomic E-state index is 0.0802. The molecule has 1 aliphatic rings. The second kappa shape index (κ2) is 4.98. The Balaban J connectivity index is 2.56. The van der Waals surface area contributed by atoms with E-state index < -0.39 is 24.5 Å². The third-order valence-electron chi connectivity index (χ3n) is 2.67. The first kappa shape index (κ1) is 12.5. The molecule has 6 nitrogen and oxygen atoms in total. The molecule has 1 saturated heterocycles. The maximum absolute atomic E-state index is 13.5. The number of halogens is 2. The zero-order valence-electron chi connectivity index (χ0n) is 8.57. The molecule has 0 spiro atoms. The number of carboxylic acid groups (broad SMARTS) is 1. The van der Waals surface area contributed by atoms with Crippen molar-refractivity contribution >= 4 is 6.09 Å². The van der Waals surface area contributed by atoms with Gasteiger partial charge in [0.2, 0.25) is 4.91 Å². The zero-order valence-corrected chi connectivity index (χ0v) is 8.57. The number of hydrogen-bond acceptors (Lipinski definition) is 3. The van der Waals surface area contributed by atoms with Crippen molar-refractivity contribution in [1.82, 2.24) is 9.81 Å². The minimum Gasteiger partial charge on any atom is -0.465 e. The number of nitrogens with zero attached hydrogens (tertiary/aromatic N) is 3. The number of likely N-dealkylation sites (tertiary alicyclic amines) is 1. The molecule has 1 aliphatic heterocycles. The van der Waals surface area contributed by atoms with Crippen molar-refractivity contribution in [1.29, 1.82) is 5.53 Å². The van der Waals surface area contributed by atoms with Gasteiger partial charge in [0.05, 0.1) is 6.54 Å². The fourth-order valence-corrected chi connectivity index (χ4v) is 1.77. The highest BCUT2D eigenvalue weighted by molar-refractivity contribution is 5.65. The summed E-state index contributed by atoms with van der Waals surface area (Å²) >= 11 is 0. The van der Waals surface area contributed by atoms with Crippen molar-refractivity contribution in [2.75, 3.05) is 19.6 Å². The Hall–Kier alpha value is -1.56. The molecule has 0 saturated carbocycles. The quantitative estimate of drug-likeness (QED) is 0.574. The van der Waals surface area contributed by atoms with Crippen molar-refractivity contribution in [3.63, 3.8) is 0 Å². The fourth-order valence-electron chi connectivity index (χ4n) is 1.77. The maximum atomic E-state index is 13.5. The third kappa shape index (κ3) is 2.96. The van der Waals surface area contributed by atoms with E-state index in [-0.39, 0.29) is 25.9 Å². The number of hydrogen-bond donors (Lipinski definition) is 2. The van der Waals surface area contributed by atoms with Gasteiger partial charge in [0.1, 0.15) is 17.2 Å². The first-order valence-corrected chi connectivity index (χ1v) is 4.86. The number of nitrogens with one attached hydrogen (secondary N) is 1. The summed E-state index contributed by atoms with van der Waals surface area (Å²) in [6.07, 6.45) is -1.07. The number of piperidine rings is 1. The SMILES string of the molecule is N=[N+]=NCCC1CCN(C(=O)O)CC1(F)F. The fraction of sp³-hybridized carbons (Fsp3) is 0.875. The summed E-state index contributed by atoms with van der Waals surface area (Å²) in [4.78, 5) is 14.0. The molecule has 0 aliphatic carbocycles. The monoisotopic (exact) mass is 235 g/mol. The molecule has 1 heterocycles. The van der Waals surface area contributed by atoms with Gasteiger partial charge in [-0.2, -0.15) is 0 Å². The van der Waals surface area contributed by atoms with Crippen molar-refractivity contribution in [2.24, 2.45) is 11.0 Å². The van der Waals surface area contributed by atoms with Crippen LogP contribution in [0.2, 0.25) is 0 Å². The number of alkyl halides is 2. The Labute approximate surface area is 90.5 Å². The van der Waals surface area contributed by atoms with Gasteiger partial charge in [-0.3, -0.25) is 0 Å². The summed E-state index contributed by atoms with van der Waals surface area (Å²) in [5, 5.41) is 11.9. The molecule has 2 N–H and O–H groups in total. The van der Waals surface area contributed by atoms with Gasteiger partial charge < -0.3 is 10.0 Å². The second-order valence-corrected chi connectivity index (χ2v) is 3.70. The predicted octanol–water partition coefficient (Wildman–Crippen LogP) is 1.56. The van der Waals surface area contributed by atoms with Crippen molar-refractivity contribution in [3.05, 3.63) is 0 Å². The maximum Gasteiger partial charge on any atom is 0.407 e. The lowest BCUT2D eigenvalue weighted by atomic mass is 9.90. The lowest BCUT2D eigenvalue weighted by Crippen LogP contribution is -2.50. The van der Waals surface area contributed by atoms with Crippen molar-refractivity contribution < 1.29 is 18.7 Å². The van der Waals surface area contributed by atoms with E-state index in [1.54, 1.807) is 0 Å². The van der Waals surface area contributed by atoms with E-state index in [1.807, 2.05) is 0 Å². The highest BCUT2D eigenvalue weighted by Gasteiger charge is 2.45. The van der Waals surface area contributed by atoms with Gasteiger partial charge in [-0.05, 0) is 12.8 Å². The van der Waals surface area contributed by atoms with Crippen LogP contribution in [0.4, 0.5) is 13.6 Å². The van der Waals surface area contributed by atoms with Crippen LogP contribution in [0, 0.1) is 11.4 Å². The molecule has 0 aromatic rings. The second-order valence-electron chi connectivity index (χ2n) is 3.70. The van der Waals surface area contributed by atoms with Gasteiger partial charge in [0, 0.05) is 12.5 Å². The highest BCUT2D eigenvalue weighted by atomic mass is 19.3. The molecule has 16 heavy (non-hydrogen) atoms. The highest BCUT2D eigenvalue weighted by Crippen LogP contribution is 2.34. The van der Waals surface area contributed by atoms with E-state index in [0.29, 0.717) is 0 Å². The molecule has 0 bridgehead atoms. The molecule has 1 rings (SSSR count). The van der Waals surface area contributed by atoms with Crippen LogP contribution in [-0.2, 0) is 0 Å². The van der Waals surface area contributed by atoms with Gasteiger partial charge in [-0.25, -0.2) is 13.6 Å². The predicted molar refractivity (Wildman–Crippen MR) is 49.4 cm³/mol. The van der Waals surface area contributed by atoms with E-state index in [2.05, 4.69) is 10.0 Å². The van der Waals surface area contributed by atoms with Crippen LogP contribution in [0.15, 0.2) is 5.11 Å². The van der Waals surface area contributed by atoms with E-state index in [9.17, 15) is 13.6 Å². The summed E-state index contributed by atoms with van der Waals surface area (Å²) in [5.41, 5.74) is 6.39. The largest absolute Gasteiger partial charge is 0.465 e. The van der Waals surface area contributed by atoms with Crippen LogP contribution < -0.4 is 4.91 Å². The first-order chi connectivity index (χ1) is 7.47. The lowest BCUT2D eigenvalue weighted by Gasteiger charge is -2.36. The molecule has 8 heteroatoms. The van der Waals surface area contributed by atoms with Crippen molar-refractivity contribution in [3.8, 4) is 0 Å². The summed E-state index contributed by atoms with van der Waals surface area (Å²) in [6, 6.07) is 0. The van der Waals surface area contributed by atoms with E-state index in [4.69, 9.17) is 10.6 Å². The molecule has 0 aromatic heterocycles. The summed E-state index contributed by atoms with van der Waals surface area (Å²) in [6.45, 7) is -0.560. The third-order valence-corrected chi connectivity index (χ3v) is 2.67. The van der Waals surface area contributed by atoms with Gasteiger partial charge in [-0.1, -0.05) is 0 Å². The molecular weight excluding hydrogens is 222 g/mol. The summed E-state index contributed by atoms with van der Waals surface area (Å²) in [7, 11) is 0. The van der Waals surface area contributed by atoms with Gasteiger partial charge in [-0.15, -0.1) is 0 Å². The molecule has 0 radical (unpaired) electrons. The van der Waals surface area contributed by atoms with Crippen molar-refractivity contribution in [2.45, 2.75) is 18.8 Å². The molecule has 1 atom stereocenters. The molecule has 0 aromatic carbocycles. The average Bonchev–Trinajstić information content (AvgIpc) is 2.19. The van der Waals surface area contributed by atoms with Crippen LogP contribution >= 0.6 is 0 Å². The van der Waals surface area contributed by atoms with Crippen LogP contribution in [-0.4, -0.2) is 41.7 Å². The van der Waals surface area contributed by atoms with Crippen LogP contribution in [0.3, 0.4) is 0 Å². The minimum atomic E-state index is -3.02. The van der Waals surface area contributed by atoms with Gasteiger partial charge >= 0.3 is 6.09 Å². The molecule has 1 unspecified atom stereocenters.